The number of carbonyl (C=O) groups excluding carboxylic acids is 2. The molecule has 150 valence electrons. The molecule has 1 spiro atoms. The van der Waals surface area contributed by atoms with Crippen LogP contribution in [0.1, 0.15) is 19.3 Å². The van der Waals surface area contributed by atoms with Gasteiger partial charge >= 0.3 is 6.09 Å². The van der Waals surface area contributed by atoms with Crippen LogP contribution in [0, 0.1) is 17.2 Å². The van der Waals surface area contributed by atoms with Crippen LogP contribution in [0.2, 0.25) is 0 Å². The minimum absolute atomic E-state index is 0.0281. The van der Waals surface area contributed by atoms with Crippen LogP contribution in [0.3, 0.4) is 0 Å². The highest BCUT2D eigenvalue weighted by Crippen LogP contribution is 2.41. The van der Waals surface area contributed by atoms with Gasteiger partial charge in [-0.15, -0.1) is 0 Å². The molecule has 8 heteroatoms. The molecule has 0 bridgehead atoms. The van der Waals surface area contributed by atoms with E-state index in [4.69, 9.17) is 9.47 Å². The van der Waals surface area contributed by atoms with Gasteiger partial charge in [0.2, 0.25) is 5.91 Å². The highest BCUT2D eigenvalue weighted by molar-refractivity contribution is 5.90. The fraction of sp³-hybridized carbons (Fsp3) is 0.600. The Morgan fingerprint density at radius 1 is 1.29 bits per heavy atom. The molecule has 1 aromatic carbocycles. The first-order valence-electron chi connectivity index (χ1n) is 9.91. The maximum atomic E-state index is 14.7. The van der Waals surface area contributed by atoms with Crippen molar-refractivity contribution < 1.29 is 23.5 Å². The first kappa shape index (κ1) is 17.7. The fourth-order valence-electron chi connectivity index (χ4n) is 4.30. The Morgan fingerprint density at radius 3 is 2.68 bits per heavy atom. The van der Waals surface area contributed by atoms with Crippen molar-refractivity contribution in [2.45, 2.75) is 25.4 Å². The zero-order valence-corrected chi connectivity index (χ0v) is 15.7. The molecule has 3 aliphatic heterocycles. The second-order valence-corrected chi connectivity index (χ2v) is 8.47. The number of anilines is 2. The Hall–Kier alpha value is -2.35. The molecular weight excluding hydrogens is 365 g/mol. The van der Waals surface area contributed by atoms with E-state index < -0.39 is 12.2 Å². The lowest BCUT2D eigenvalue weighted by Crippen LogP contribution is -2.66. The zero-order valence-electron chi connectivity index (χ0n) is 15.7. The molecule has 3 heterocycles. The lowest BCUT2D eigenvalue weighted by molar-refractivity contribution is -0.127. The van der Waals surface area contributed by atoms with Gasteiger partial charge in [0.05, 0.1) is 43.1 Å². The highest BCUT2D eigenvalue weighted by Gasteiger charge is 2.49. The Balaban J connectivity index is 1.19. The summed E-state index contributed by atoms with van der Waals surface area (Å²) >= 11 is 0. The molecule has 7 nitrogen and oxygen atoms in total. The number of hydrogen-bond acceptors (Lipinski definition) is 5. The third-order valence-electron chi connectivity index (χ3n) is 6.31. The van der Waals surface area contributed by atoms with Gasteiger partial charge in [-0.2, -0.15) is 0 Å². The topological polar surface area (TPSA) is 71.1 Å². The molecule has 1 aliphatic carbocycles. The summed E-state index contributed by atoms with van der Waals surface area (Å²) in [6.45, 7) is 3.70. The molecule has 1 N–H and O–H groups in total. The average Bonchev–Trinajstić information content (AvgIpc) is 2.91. The molecule has 4 fully saturated rings. The number of benzene rings is 1. The third-order valence-corrected chi connectivity index (χ3v) is 6.31. The predicted molar refractivity (Wildman–Crippen MR) is 99.8 cm³/mol. The van der Waals surface area contributed by atoms with Crippen LogP contribution in [0.25, 0.3) is 0 Å². The van der Waals surface area contributed by atoms with Gasteiger partial charge in [-0.25, -0.2) is 9.18 Å². The van der Waals surface area contributed by atoms with Crippen molar-refractivity contribution in [1.29, 1.82) is 0 Å². The number of nitrogens with zero attached hydrogens (tertiary/aromatic N) is 2. The van der Waals surface area contributed by atoms with Crippen molar-refractivity contribution in [3.05, 3.63) is 24.0 Å². The van der Waals surface area contributed by atoms with Gasteiger partial charge in [0.1, 0.15) is 11.9 Å². The monoisotopic (exact) mass is 389 g/mol. The SMILES string of the molecule is O=C(NCC1CN(c2ccc(N3CC4(COC4)C3)c(F)c2)C(=O)O1)C1CCC1. The largest absolute Gasteiger partial charge is 0.442 e. The minimum atomic E-state index is -0.510. The molecule has 1 unspecified atom stereocenters. The molecule has 1 atom stereocenters. The van der Waals surface area contributed by atoms with Crippen molar-refractivity contribution in [1.82, 2.24) is 5.32 Å². The van der Waals surface area contributed by atoms with Crippen molar-refractivity contribution in [2.24, 2.45) is 11.3 Å². The molecule has 5 rings (SSSR count). The molecule has 0 aromatic heterocycles. The second kappa shape index (κ2) is 6.62. The number of amides is 2. The summed E-state index contributed by atoms with van der Waals surface area (Å²) in [6, 6.07) is 4.85. The van der Waals surface area contributed by atoms with E-state index in [9.17, 15) is 14.0 Å². The number of rotatable bonds is 5. The molecule has 3 saturated heterocycles. The van der Waals surface area contributed by atoms with Crippen molar-refractivity contribution >= 4 is 23.4 Å². The molecule has 1 aromatic rings. The van der Waals surface area contributed by atoms with Gasteiger partial charge in [0, 0.05) is 19.0 Å². The van der Waals surface area contributed by atoms with Crippen LogP contribution in [-0.4, -0.2) is 57.5 Å². The Morgan fingerprint density at radius 2 is 2.07 bits per heavy atom. The molecule has 4 aliphatic rings. The van der Waals surface area contributed by atoms with Crippen molar-refractivity contribution in [2.75, 3.05) is 49.2 Å². The van der Waals surface area contributed by atoms with E-state index in [-0.39, 0.29) is 29.6 Å². The molecule has 0 radical (unpaired) electrons. The first-order chi connectivity index (χ1) is 13.5. The van der Waals surface area contributed by atoms with E-state index in [1.165, 1.54) is 11.0 Å². The smallest absolute Gasteiger partial charge is 0.414 e. The van der Waals surface area contributed by atoms with Crippen LogP contribution in [0.5, 0.6) is 0 Å². The lowest BCUT2D eigenvalue weighted by Gasteiger charge is -2.56. The van der Waals surface area contributed by atoms with Crippen LogP contribution >= 0.6 is 0 Å². The maximum Gasteiger partial charge on any atom is 0.414 e. The van der Waals surface area contributed by atoms with Crippen LogP contribution in [0.15, 0.2) is 18.2 Å². The summed E-state index contributed by atoms with van der Waals surface area (Å²) < 4.78 is 25.2. The standard InChI is InChI=1S/C20H24FN3O4/c21-16-6-14(4-5-17(16)23-9-20(10-23)11-27-12-20)24-8-15(28-19(24)26)7-22-18(25)13-2-1-3-13/h4-6,13,15H,1-3,7-12H2,(H,22,25). The van der Waals surface area contributed by atoms with Gasteiger partial charge < -0.3 is 19.7 Å². The fourth-order valence-corrected chi connectivity index (χ4v) is 4.30. The van der Waals surface area contributed by atoms with Crippen molar-refractivity contribution in [3.8, 4) is 0 Å². The Labute approximate surface area is 162 Å². The van der Waals surface area contributed by atoms with Gasteiger partial charge in [0.25, 0.3) is 0 Å². The van der Waals surface area contributed by atoms with Gasteiger partial charge in [-0.1, -0.05) is 6.42 Å². The number of halogens is 1. The van der Waals surface area contributed by atoms with E-state index in [0.29, 0.717) is 17.9 Å². The molecular formula is C20H24FN3O4. The van der Waals surface area contributed by atoms with Crippen LogP contribution in [0.4, 0.5) is 20.6 Å². The van der Waals surface area contributed by atoms with E-state index in [1.807, 2.05) is 4.90 Å². The van der Waals surface area contributed by atoms with E-state index in [0.717, 1.165) is 45.6 Å². The highest BCUT2D eigenvalue weighted by atomic mass is 19.1. The quantitative estimate of drug-likeness (QED) is 0.833. The molecule has 2 amide bonds. The molecule has 1 saturated carbocycles. The van der Waals surface area contributed by atoms with Crippen LogP contribution < -0.4 is 15.1 Å². The molecule has 28 heavy (non-hydrogen) atoms. The van der Waals surface area contributed by atoms with E-state index >= 15 is 0 Å². The van der Waals surface area contributed by atoms with Crippen LogP contribution in [-0.2, 0) is 14.3 Å². The summed E-state index contributed by atoms with van der Waals surface area (Å²) in [7, 11) is 0. The van der Waals surface area contributed by atoms with E-state index in [2.05, 4.69) is 5.32 Å². The summed E-state index contributed by atoms with van der Waals surface area (Å²) in [5, 5.41) is 2.85. The zero-order chi connectivity index (χ0) is 19.3. The number of nitrogens with one attached hydrogen (secondary N) is 1. The Kier molecular flexibility index (Phi) is 4.19. The number of carbonyl (C=O) groups is 2. The van der Waals surface area contributed by atoms with Gasteiger partial charge in [-0.05, 0) is 31.0 Å². The number of cyclic esters (lactones) is 1. The number of hydrogen-bond donors (Lipinski definition) is 1. The average molecular weight is 389 g/mol. The summed E-state index contributed by atoms with van der Waals surface area (Å²) in [5.74, 6) is -0.218. The minimum Gasteiger partial charge on any atom is -0.442 e. The van der Waals surface area contributed by atoms with Gasteiger partial charge in [-0.3, -0.25) is 9.69 Å². The maximum absolute atomic E-state index is 14.7. The summed E-state index contributed by atoms with van der Waals surface area (Å²) in [6.07, 6.45) is 2.02. The van der Waals surface area contributed by atoms with Crippen molar-refractivity contribution in [3.63, 3.8) is 0 Å². The summed E-state index contributed by atoms with van der Waals surface area (Å²) in [5.41, 5.74) is 1.24. The van der Waals surface area contributed by atoms with E-state index in [1.54, 1.807) is 12.1 Å². The summed E-state index contributed by atoms with van der Waals surface area (Å²) in [4.78, 5) is 27.6. The van der Waals surface area contributed by atoms with Gasteiger partial charge in [0.15, 0.2) is 0 Å². The third kappa shape index (κ3) is 2.99. The Bertz CT molecular complexity index is 801. The lowest BCUT2D eigenvalue weighted by atomic mass is 9.78. The number of ether oxygens (including phenoxy) is 2. The first-order valence-corrected chi connectivity index (χ1v) is 9.91. The normalized spacial score (nSPS) is 25.8. The second-order valence-electron chi connectivity index (χ2n) is 8.47. The predicted octanol–water partition coefficient (Wildman–Crippen LogP) is 1.90.